The second kappa shape index (κ2) is 29.6. The zero-order valence-corrected chi connectivity index (χ0v) is 43.2. The molecule has 0 aromatic heterocycles. The third-order valence-corrected chi connectivity index (χ3v) is 14.8. The van der Waals surface area contributed by atoms with E-state index in [4.69, 9.17) is 46.7 Å². The first kappa shape index (κ1) is 56.2. The lowest BCUT2D eigenvalue weighted by atomic mass is 9.74. The van der Waals surface area contributed by atoms with Crippen LogP contribution < -0.4 is 20.1 Å². The Balaban J connectivity index is 1.00. The fourth-order valence-corrected chi connectivity index (χ4v) is 11.5. The first-order chi connectivity index (χ1) is 33.4. The van der Waals surface area contributed by atoms with E-state index in [-0.39, 0.29) is 49.1 Å². The molecule has 2 N–H and O–H groups in total. The predicted octanol–water partition coefficient (Wildman–Crippen LogP) is 8.39. The van der Waals surface area contributed by atoms with Gasteiger partial charge in [-0.2, -0.15) is 11.8 Å². The highest BCUT2D eigenvalue weighted by molar-refractivity contribution is 8.00. The van der Waals surface area contributed by atoms with E-state index in [9.17, 15) is 14.2 Å². The topological polar surface area (TPSA) is 171 Å². The highest BCUT2D eigenvalue weighted by atomic mass is 32.2. The fraction of sp³-hybridized carbons (Fsp3) is 0.608. The maximum Gasteiger partial charge on any atom is 0.475 e. The maximum atomic E-state index is 14.4. The van der Waals surface area contributed by atoms with E-state index in [1.165, 1.54) is 0 Å². The van der Waals surface area contributed by atoms with Crippen LogP contribution in [0.4, 0.5) is 4.79 Å². The molecule has 4 unspecified atom stereocenters. The van der Waals surface area contributed by atoms with Crippen molar-refractivity contribution in [2.24, 2.45) is 0 Å². The average Bonchev–Trinajstić information content (AvgIpc) is 3.89. The summed E-state index contributed by atoms with van der Waals surface area (Å²) >= 11 is 1.86. The third-order valence-electron chi connectivity index (χ3n) is 11.5. The molecule has 2 fully saturated rings. The standard InChI is InChI=1S/C51H76N3O13PS/c1-7-60-29-30-61-31-32-62-33-34-63-35-36-64-37-38-66-68(57,67-50(2,3)4)65-28-13-9-12-27-52-47(55)18-14-17-46-48-45(39-69-46)54(49(56)53-48)51(40-15-10-8-11-16-40,41-19-23-43(58-5)24-20-41)42-21-25-44(59-6)26-22-42/h8,10-11,15-16,19-26,45-46,48H,7,9,12-14,17-18,27-39H2,1-6H3,(H,52,55)(H,53,56). The number of hydrogen-bond donors (Lipinski definition) is 2. The van der Waals surface area contributed by atoms with Gasteiger partial charge in [-0.15, -0.1) is 0 Å². The Hall–Kier alpha value is -3.74. The van der Waals surface area contributed by atoms with Crippen LogP contribution in [0.25, 0.3) is 0 Å². The number of methoxy groups -OCH3 is 2. The maximum absolute atomic E-state index is 14.4. The Bertz CT molecular complexity index is 1930. The van der Waals surface area contributed by atoms with Crippen LogP contribution in [0.2, 0.25) is 0 Å². The van der Waals surface area contributed by atoms with Crippen LogP contribution in [0.15, 0.2) is 78.9 Å². The normalized spacial score (nSPS) is 17.9. The lowest BCUT2D eigenvalue weighted by molar-refractivity contribution is -0.121. The third kappa shape index (κ3) is 17.5. The molecule has 18 heteroatoms. The summed E-state index contributed by atoms with van der Waals surface area (Å²) < 4.78 is 68.7. The van der Waals surface area contributed by atoms with Crippen molar-refractivity contribution >= 4 is 31.5 Å². The first-order valence-corrected chi connectivity index (χ1v) is 26.8. The van der Waals surface area contributed by atoms with Crippen LogP contribution in [0, 0.1) is 0 Å². The number of fused-ring (bicyclic) bond motifs is 1. The van der Waals surface area contributed by atoms with Gasteiger partial charge in [0.2, 0.25) is 5.91 Å². The van der Waals surface area contributed by atoms with Crippen molar-refractivity contribution in [3.63, 3.8) is 0 Å². The number of amides is 3. The number of carbonyl (C=O) groups is 2. The number of ether oxygens (including phenoxy) is 7. The molecule has 69 heavy (non-hydrogen) atoms. The van der Waals surface area contributed by atoms with Crippen molar-refractivity contribution < 1.29 is 60.9 Å². The Morgan fingerprint density at radius 3 is 1.75 bits per heavy atom. The highest BCUT2D eigenvalue weighted by Gasteiger charge is 2.57. The van der Waals surface area contributed by atoms with Gasteiger partial charge in [0.25, 0.3) is 0 Å². The van der Waals surface area contributed by atoms with Crippen LogP contribution in [-0.2, 0) is 52.2 Å². The number of thioether (sulfide) groups is 1. The smallest absolute Gasteiger partial charge is 0.475 e. The van der Waals surface area contributed by atoms with E-state index in [0.717, 1.165) is 53.2 Å². The van der Waals surface area contributed by atoms with Gasteiger partial charge in [-0.25, -0.2) is 9.36 Å². The van der Waals surface area contributed by atoms with Crippen molar-refractivity contribution in [1.29, 1.82) is 0 Å². The summed E-state index contributed by atoms with van der Waals surface area (Å²) in [6.07, 6.45) is 3.98. The summed E-state index contributed by atoms with van der Waals surface area (Å²) in [6.45, 7) is 12.7. The minimum Gasteiger partial charge on any atom is -0.497 e. The molecule has 0 spiro atoms. The molecule has 2 heterocycles. The molecule has 4 atom stereocenters. The van der Waals surface area contributed by atoms with Gasteiger partial charge in [0.1, 0.15) is 17.0 Å². The predicted molar refractivity (Wildman–Crippen MR) is 267 cm³/mol. The Morgan fingerprint density at radius 2 is 1.22 bits per heavy atom. The number of benzene rings is 3. The summed E-state index contributed by atoms with van der Waals surface area (Å²) in [6, 6.07) is 25.8. The second-order valence-corrected chi connectivity index (χ2v) is 20.4. The van der Waals surface area contributed by atoms with Crippen LogP contribution in [0.1, 0.15) is 82.9 Å². The zero-order valence-electron chi connectivity index (χ0n) is 41.5. The van der Waals surface area contributed by atoms with E-state index in [1.54, 1.807) is 35.0 Å². The molecular weight excluding hydrogens is 926 g/mol. The number of carbonyl (C=O) groups excluding carboxylic acids is 2. The summed E-state index contributed by atoms with van der Waals surface area (Å²) in [5, 5.41) is 6.58. The summed E-state index contributed by atoms with van der Waals surface area (Å²) in [4.78, 5) is 29.4. The average molecular weight is 1000 g/mol. The summed E-state index contributed by atoms with van der Waals surface area (Å²) in [7, 11) is -0.551. The number of phosphoric ester groups is 1. The molecule has 3 amide bonds. The molecule has 3 aromatic carbocycles. The summed E-state index contributed by atoms with van der Waals surface area (Å²) in [5.74, 6) is 2.21. The van der Waals surface area contributed by atoms with Crippen LogP contribution in [0.3, 0.4) is 0 Å². The second-order valence-electron chi connectivity index (χ2n) is 17.6. The van der Waals surface area contributed by atoms with Crippen LogP contribution in [-0.4, -0.2) is 146 Å². The van der Waals surface area contributed by atoms with Crippen LogP contribution in [0.5, 0.6) is 11.5 Å². The van der Waals surface area contributed by atoms with Crippen molar-refractivity contribution in [3.8, 4) is 11.5 Å². The Labute approximate surface area is 414 Å². The van der Waals surface area contributed by atoms with Crippen molar-refractivity contribution in [1.82, 2.24) is 15.5 Å². The summed E-state index contributed by atoms with van der Waals surface area (Å²) in [5.41, 5.74) is 1.15. The van der Waals surface area contributed by atoms with Gasteiger partial charge in [0.15, 0.2) is 0 Å². The highest BCUT2D eigenvalue weighted by Crippen LogP contribution is 2.53. The molecule has 2 aliphatic rings. The minimum atomic E-state index is -3.84. The number of nitrogens with one attached hydrogen (secondary N) is 2. The van der Waals surface area contributed by atoms with Gasteiger partial charge < -0.3 is 48.7 Å². The van der Waals surface area contributed by atoms with Gasteiger partial charge >= 0.3 is 13.9 Å². The van der Waals surface area contributed by atoms with Gasteiger partial charge in [-0.05, 0) is 101 Å². The van der Waals surface area contributed by atoms with Gasteiger partial charge in [-0.1, -0.05) is 54.6 Å². The van der Waals surface area contributed by atoms with Gasteiger partial charge in [0, 0.05) is 30.6 Å². The van der Waals surface area contributed by atoms with Crippen molar-refractivity contribution in [2.45, 2.75) is 94.7 Å². The number of rotatable bonds is 35. The molecule has 0 aliphatic carbocycles. The fourth-order valence-electron chi connectivity index (χ4n) is 8.41. The van der Waals surface area contributed by atoms with E-state index < -0.39 is 19.0 Å². The van der Waals surface area contributed by atoms with E-state index >= 15 is 0 Å². The molecule has 0 bridgehead atoms. The molecule has 5 rings (SSSR count). The Kier molecular flexibility index (Phi) is 24.1. The molecule has 384 valence electrons. The van der Waals surface area contributed by atoms with Crippen molar-refractivity contribution in [2.75, 3.05) is 106 Å². The minimum absolute atomic E-state index is 0.00449. The molecule has 0 radical (unpaired) electrons. The van der Waals surface area contributed by atoms with Crippen LogP contribution >= 0.6 is 19.6 Å². The Morgan fingerprint density at radius 1 is 0.696 bits per heavy atom. The number of phosphoric acid groups is 1. The molecule has 2 aliphatic heterocycles. The quantitative estimate of drug-likeness (QED) is 0.0249. The number of unbranched alkanes of at least 4 members (excludes halogenated alkanes) is 2. The molecule has 0 saturated carbocycles. The number of nitrogens with zero attached hydrogens (tertiary/aromatic N) is 1. The number of urea groups is 1. The SMILES string of the molecule is CCOCCOCCOCCOCCOCCOP(=O)(OCCCCCNC(=O)CCCC1SCC2C1NC(=O)N2C(c1ccccc1)(c1ccc(OC)cc1)c1ccc(OC)cc1)OC(C)(C)C. The molecule has 3 aromatic rings. The van der Waals surface area contributed by atoms with Gasteiger partial charge in [-0.3, -0.25) is 18.4 Å². The van der Waals surface area contributed by atoms with Crippen molar-refractivity contribution in [3.05, 3.63) is 95.6 Å². The van der Waals surface area contributed by atoms with E-state index in [0.29, 0.717) is 85.3 Å². The molecule has 16 nitrogen and oxygen atoms in total. The zero-order chi connectivity index (χ0) is 49.4. The van der Waals surface area contributed by atoms with E-state index in [1.807, 2.05) is 90.3 Å². The van der Waals surface area contributed by atoms with E-state index in [2.05, 4.69) is 22.8 Å². The first-order valence-electron chi connectivity index (χ1n) is 24.3. The molecular formula is C51H76N3O13PS. The lowest BCUT2D eigenvalue weighted by Crippen LogP contribution is -2.53. The lowest BCUT2D eigenvalue weighted by Gasteiger charge is -2.45. The van der Waals surface area contributed by atoms with Gasteiger partial charge in [0.05, 0.1) is 105 Å². The largest absolute Gasteiger partial charge is 0.497 e. The number of hydrogen-bond acceptors (Lipinski definition) is 14. The molecule has 2 saturated heterocycles. The monoisotopic (exact) mass is 1000 g/mol.